The molecule has 0 heterocycles. The van der Waals surface area contributed by atoms with Crippen LogP contribution in [-0.4, -0.2) is 34.6 Å². The molecule has 39 heavy (non-hydrogen) atoms. The molecular formula is C31H33Cl2FN2O2S. The highest BCUT2D eigenvalue weighted by Gasteiger charge is 2.32. The zero-order valence-electron chi connectivity index (χ0n) is 21.8. The fourth-order valence-corrected chi connectivity index (χ4v) is 6.31. The van der Waals surface area contributed by atoms with Gasteiger partial charge < -0.3 is 10.2 Å². The SMILES string of the molecule is O=C(NC1CCCCC1)[C@@H](Cc1ccccc1)N(Cc1c(Cl)cccc1Cl)C(=O)CSCc1ccccc1F. The monoisotopic (exact) mass is 586 g/mol. The number of halogens is 3. The maximum Gasteiger partial charge on any atom is 0.243 e. The molecule has 3 aromatic rings. The number of carbonyl (C=O) groups is 2. The van der Waals surface area contributed by atoms with Gasteiger partial charge >= 0.3 is 0 Å². The molecule has 1 N–H and O–H groups in total. The quantitative estimate of drug-likeness (QED) is 0.254. The first kappa shape index (κ1) is 29.4. The van der Waals surface area contributed by atoms with Crippen molar-refractivity contribution in [2.24, 2.45) is 0 Å². The van der Waals surface area contributed by atoms with Crippen LogP contribution in [0.25, 0.3) is 0 Å². The van der Waals surface area contributed by atoms with E-state index in [0.29, 0.717) is 33.3 Å². The number of hydrogen-bond donors (Lipinski definition) is 1. The highest BCUT2D eigenvalue weighted by molar-refractivity contribution is 7.99. The number of nitrogens with one attached hydrogen (secondary N) is 1. The van der Waals surface area contributed by atoms with E-state index >= 15 is 0 Å². The van der Waals surface area contributed by atoms with Gasteiger partial charge in [-0.2, -0.15) is 0 Å². The third-order valence-electron chi connectivity index (χ3n) is 7.05. The third kappa shape index (κ3) is 8.47. The molecule has 8 heteroatoms. The molecule has 1 aliphatic carbocycles. The minimum atomic E-state index is -0.761. The van der Waals surface area contributed by atoms with Crippen molar-refractivity contribution < 1.29 is 14.0 Å². The van der Waals surface area contributed by atoms with Crippen molar-refractivity contribution in [3.8, 4) is 0 Å². The van der Waals surface area contributed by atoms with E-state index in [0.717, 1.165) is 31.2 Å². The molecule has 0 radical (unpaired) electrons. The van der Waals surface area contributed by atoms with Gasteiger partial charge in [0.1, 0.15) is 11.9 Å². The van der Waals surface area contributed by atoms with Crippen molar-refractivity contribution in [3.05, 3.63) is 105 Å². The van der Waals surface area contributed by atoms with E-state index in [1.165, 1.54) is 24.2 Å². The Morgan fingerprint density at radius 1 is 0.923 bits per heavy atom. The second kappa shape index (κ2) is 14.7. The Morgan fingerprint density at radius 2 is 1.59 bits per heavy atom. The summed E-state index contributed by atoms with van der Waals surface area (Å²) in [6.07, 6.45) is 5.57. The van der Waals surface area contributed by atoms with E-state index in [1.807, 2.05) is 30.3 Å². The van der Waals surface area contributed by atoms with Gasteiger partial charge in [0, 0.05) is 40.4 Å². The number of hydrogen-bond acceptors (Lipinski definition) is 3. The molecule has 0 spiro atoms. The lowest BCUT2D eigenvalue weighted by Crippen LogP contribution is -2.53. The summed E-state index contributed by atoms with van der Waals surface area (Å²) in [4.78, 5) is 29.2. The Morgan fingerprint density at radius 3 is 2.28 bits per heavy atom. The molecule has 206 valence electrons. The molecule has 4 nitrogen and oxygen atoms in total. The van der Waals surface area contributed by atoms with E-state index in [9.17, 15) is 14.0 Å². The van der Waals surface area contributed by atoms with Crippen LogP contribution in [0.2, 0.25) is 10.0 Å². The Hall–Kier alpha value is -2.54. The number of rotatable bonds is 11. The summed E-state index contributed by atoms with van der Waals surface area (Å²) in [6, 6.07) is 20.8. The molecule has 0 aromatic heterocycles. The topological polar surface area (TPSA) is 49.4 Å². The lowest BCUT2D eigenvalue weighted by Gasteiger charge is -2.34. The molecule has 0 unspecified atom stereocenters. The molecule has 1 aliphatic rings. The van der Waals surface area contributed by atoms with E-state index in [-0.39, 0.29) is 36.0 Å². The minimum Gasteiger partial charge on any atom is -0.352 e. The van der Waals surface area contributed by atoms with E-state index in [1.54, 1.807) is 41.3 Å². The van der Waals surface area contributed by atoms with Crippen LogP contribution in [0.3, 0.4) is 0 Å². The smallest absolute Gasteiger partial charge is 0.243 e. The number of carbonyl (C=O) groups excluding carboxylic acids is 2. The second-order valence-electron chi connectivity index (χ2n) is 9.86. The second-order valence-corrected chi connectivity index (χ2v) is 11.7. The summed E-state index contributed by atoms with van der Waals surface area (Å²) >= 11 is 14.3. The van der Waals surface area contributed by atoms with Gasteiger partial charge in [0.2, 0.25) is 11.8 Å². The molecule has 0 saturated heterocycles. The fraction of sp³-hybridized carbons (Fsp3) is 0.355. The first-order valence-electron chi connectivity index (χ1n) is 13.3. The van der Waals surface area contributed by atoms with Gasteiger partial charge in [0.25, 0.3) is 0 Å². The number of thioether (sulfide) groups is 1. The highest BCUT2D eigenvalue weighted by Crippen LogP contribution is 2.28. The molecule has 0 bridgehead atoms. The summed E-state index contributed by atoms with van der Waals surface area (Å²) in [7, 11) is 0. The fourth-order valence-electron chi connectivity index (χ4n) is 4.90. The molecule has 4 rings (SSSR count). The van der Waals surface area contributed by atoms with E-state index in [2.05, 4.69) is 5.32 Å². The Balaban J connectivity index is 1.61. The molecule has 1 atom stereocenters. The largest absolute Gasteiger partial charge is 0.352 e. The maximum absolute atomic E-state index is 14.2. The molecule has 3 aromatic carbocycles. The van der Waals surface area contributed by atoms with Crippen molar-refractivity contribution in [1.29, 1.82) is 0 Å². The molecule has 2 amide bonds. The summed E-state index contributed by atoms with van der Waals surface area (Å²) < 4.78 is 14.2. The lowest BCUT2D eigenvalue weighted by atomic mass is 9.94. The van der Waals surface area contributed by atoms with Gasteiger partial charge in [0.05, 0.1) is 5.75 Å². The number of amides is 2. The minimum absolute atomic E-state index is 0.0818. The predicted molar refractivity (Wildman–Crippen MR) is 159 cm³/mol. The first-order chi connectivity index (χ1) is 18.9. The van der Waals surface area contributed by atoms with Crippen LogP contribution >= 0.6 is 35.0 Å². The van der Waals surface area contributed by atoms with Crippen LogP contribution in [0, 0.1) is 5.82 Å². The summed E-state index contributed by atoms with van der Waals surface area (Å²) in [5, 5.41) is 4.10. The van der Waals surface area contributed by atoms with Gasteiger partial charge in [-0.3, -0.25) is 9.59 Å². The van der Waals surface area contributed by atoms with Gasteiger partial charge in [0.15, 0.2) is 0 Å². The Kier molecular flexibility index (Phi) is 11.1. The van der Waals surface area contributed by atoms with E-state index < -0.39 is 6.04 Å². The molecule has 0 aliphatic heterocycles. The number of benzene rings is 3. The van der Waals surface area contributed by atoms with Crippen LogP contribution in [-0.2, 0) is 28.3 Å². The van der Waals surface area contributed by atoms with Gasteiger partial charge in [-0.25, -0.2) is 4.39 Å². The molecule has 1 saturated carbocycles. The van der Waals surface area contributed by atoms with E-state index in [4.69, 9.17) is 23.2 Å². The van der Waals surface area contributed by atoms with Crippen molar-refractivity contribution in [3.63, 3.8) is 0 Å². The Labute approximate surface area is 244 Å². The maximum atomic E-state index is 14.2. The first-order valence-corrected chi connectivity index (χ1v) is 15.2. The van der Waals surface area contributed by atoms with Crippen LogP contribution < -0.4 is 5.32 Å². The summed E-state index contributed by atoms with van der Waals surface area (Å²) in [5.41, 5.74) is 2.08. The van der Waals surface area contributed by atoms with Crippen LogP contribution in [0.5, 0.6) is 0 Å². The highest BCUT2D eigenvalue weighted by atomic mass is 35.5. The Bertz CT molecular complexity index is 1230. The van der Waals surface area contributed by atoms with Gasteiger partial charge in [-0.1, -0.05) is 97.1 Å². The van der Waals surface area contributed by atoms with Crippen molar-refractivity contribution in [2.75, 3.05) is 5.75 Å². The van der Waals surface area contributed by atoms with Crippen LogP contribution in [0.4, 0.5) is 4.39 Å². The average molecular weight is 588 g/mol. The lowest BCUT2D eigenvalue weighted by molar-refractivity contribution is -0.139. The average Bonchev–Trinajstić information content (AvgIpc) is 2.94. The zero-order valence-corrected chi connectivity index (χ0v) is 24.1. The van der Waals surface area contributed by atoms with Crippen molar-refractivity contribution in [1.82, 2.24) is 10.2 Å². The molecular weight excluding hydrogens is 554 g/mol. The zero-order chi connectivity index (χ0) is 27.6. The number of nitrogens with zero attached hydrogens (tertiary/aromatic N) is 1. The van der Waals surface area contributed by atoms with Gasteiger partial charge in [-0.05, 0) is 42.2 Å². The molecule has 1 fully saturated rings. The standard InChI is InChI=1S/C31H33Cl2FN2O2S/c32-26-15-9-16-27(33)25(26)19-36(30(37)21-39-20-23-12-7-8-17-28(23)34)29(18-22-10-3-1-4-11-22)31(38)35-24-13-5-2-6-14-24/h1,3-4,7-12,15-17,24,29H,2,5-6,13-14,18-21H2,(H,35,38)/t29-/m1/s1. The van der Waals surface area contributed by atoms with Crippen molar-refractivity contribution in [2.45, 2.75) is 62.9 Å². The van der Waals surface area contributed by atoms with Crippen molar-refractivity contribution >= 4 is 46.8 Å². The van der Waals surface area contributed by atoms with Crippen LogP contribution in [0.15, 0.2) is 72.8 Å². The van der Waals surface area contributed by atoms with Crippen LogP contribution in [0.1, 0.15) is 48.8 Å². The van der Waals surface area contributed by atoms with Gasteiger partial charge in [-0.15, -0.1) is 11.8 Å². The third-order valence-corrected chi connectivity index (χ3v) is 8.73. The predicted octanol–water partition coefficient (Wildman–Crippen LogP) is 7.45. The normalized spacial score (nSPS) is 14.5. The summed E-state index contributed by atoms with van der Waals surface area (Å²) in [6.45, 7) is 0.0905. The summed E-state index contributed by atoms with van der Waals surface area (Å²) in [5.74, 6) is -0.283.